The SMILES string of the molecule is COc1cc(Oc2ccccc2)nc(NC(=S)NCC2(c3ccccc3)CCCC2)n1. The van der Waals surface area contributed by atoms with Crippen LogP contribution in [-0.4, -0.2) is 28.7 Å². The maximum Gasteiger partial charge on any atom is 0.235 e. The zero-order valence-corrected chi connectivity index (χ0v) is 18.3. The molecule has 3 aromatic rings. The summed E-state index contributed by atoms with van der Waals surface area (Å²) in [7, 11) is 1.55. The largest absolute Gasteiger partial charge is 0.481 e. The molecular weight excluding hydrogens is 408 g/mol. The molecule has 2 N–H and O–H groups in total. The van der Waals surface area contributed by atoms with Crippen molar-refractivity contribution in [1.29, 1.82) is 0 Å². The van der Waals surface area contributed by atoms with E-state index in [4.69, 9.17) is 21.7 Å². The van der Waals surface area contributed by atoms with Crippen molar-refractivity contribution in [3.63, 3.8) is 0 Å². The average Bonchev–Trinajstić information content (AvgIpc) is 3.29. The molecule has 0 unspecified atom stereocenters. The van der Waals surface area contributed by atoms with Crippen LogP contribution in [0.2, 0.25) is 0 Å². The lowest BCUT2D eigenvalue weighted by Crippen LogP contribution is -2.41. The fourth-order valence-electron chi connectivity index (χ4n) is 4.03. The Morgan fingerprint density at radius 1 is 0.968 bits per heavy atom. The summed E-state index contributed by atoms with van der Waals surface area (Å²) in [5.41, 5.74) is 1.46. The van der Waals surface area contributed by atoms with Gasteiger partial charge in [-0.1, -0.05) is 61.4 Å². The van der Waals surface area contributed by atoms with Crippen LogP contribution in [0.4, 0.5) is 5.95 Å². The number of hydrogen-bond donors (Lipinski definition) is 2. The van der Waals surface area contributed by atoms with Gasteiger partial charge < -0.3 is 20.1 Å². The Hall–Kier alpha value is -3.19. The van der Waals surface area contributed by atoms with Gasteiger partial charge >= 0.3 is 0 Å². The summed E-state index contributed by atoms with van der Waals surface area (Å²) >= 11 is 5.54. The van der Waals surface area contributed by atoms with E-state index in [0.717, 1.165) is 19.4 Å². The van der Waals surface area contributed by atoms with Crippen LogP contribution in [0.25, 0.3) is 0 Å². The van der Waals surface area contributed by atoms with Crippen molar-refractivity contribution in [2.24, 2.45) is 0 Å². The standard InChI is InChI=1S/C24H26N4O2S/c1-29-20-16-21(30-19-12-6-3-7-13-19)27-22(26-20)28-23(31)25-17-24(14-8-9-15-24)18-10-4-2-5-11-18/h2-7,10-13,16H,8-9,14-15,17H2,1H3,(H2,25,26,27,28,31). The Labute approximate surface area is 188 Å². The molecule has 0 radical (unpaired) electrons. The van der Waals surface area contributed by atoms with Crippen molar-refractivity contribution >= 4 is 23.3 Å². The molecule has 160 valence electrons. The van der Waals surface area contributed by atoms with E-state index in [2.05, 4.69) is 50.9 Å². The molecule has 0 spiro atoms. The number of anilines is 1. The van der Waals surface area contributed by atoms with Gasteiger partial charge in [0.1, 0.15) is 5.75 Å². The molecule has 0 bridgehead atoms. The first-order chi connectivity index (χ1) is 15.2. The molecule has 1 aromatic heterocycles. The second-order valence-corrected chi connectivity index (χ2v) is 8.06. The Bertz CT molecular complexity index is 1010. The second kappa shape index (κ2) is 9.75. The minimum Gasteiger partial charge on any atom is -0.481 e. The van der Waals surface area contributed by atoms with Crippen molar-refractivity contribution in [2.45, 2.75) is 31.1 Å². The van der Waals surface area contributed by atoms with E-state index in [1.807, 2.05) is 30.3 Å². The van der Waals surface area contributed by atoms with Gasteiger partial charge in [-0.15, -0.1) is 0 Å². The maximum absolute atomic E-state index is 5.82. The number of benzene rings is 2. The van der Waals surface area contributed by atoms with Crippen molar-refractivity contribution in [3.05, 3.63) is 72.3 Å². The molecule has 1 fully saturated rings. The van der Waals surface area contributed by atoms with E-state index in [-0.39, 0.29) is 5.41 Å². The topological polar surface area (TPSA) is 68.3 Å². The smallest absolute Gasteiger partial charge is 0.235 e. The first-order valence-electron chi connectivity index (χ1n) is 10.4. The number of nitrogens with one attached hydrogen (secondary N) is 2. The van der Waals surface area contributed by atoms with Crippen LogP contribution >= 0.6 is 12.2 Å². The Morgan fingerprint density at radius 3 is 2.29 bits per heavy atom. The first-order valence-corrected chi connectivity index (χ1v) is 10.8. The third-order valence-electron chi connectivity index (χ3n) is 5.61. The lowest BCUT2D eigenvalue weighted by molar-refractivity contribution is 0.389. The van der Waals surface area contributed by atoms with Crippen LogP contribution in [0.1, 0.15) is 31.2 Å². The van der Waals surface area contributed by atoms with Crippen molar-refractivity contribution in [2.75, 3.05) is 19.0 Å². The highest BCUT2D eigenvalue weighted by Gasteiger charge is 2.35. The number of para-hydroxylation sites is 1. The van der Waals surface area contributed by atoms with Crippen LogP contribution in [0.15, 0.2) is 66.7 Å². The Balaban J connectivity index is 1.43. The van der Waals surface area contributed by atoms with Crippen LogP contribution in [0, 0.1) is 0 Å². The van der Waals surface area contributed by atoms with E-state index in [1.165, 1.54) is 18.4 Å². The van der Waals surface area contributed by atoms with Gasteiger partial charge in [0.05, 0.1) is 13.2 Å². The molecule has 31 heavy (non-hydrogen) atoms. The van der Waals surface area contributed by atoms with Crippen LogP contribution in [-0.2, 0) is 5.41 Å². The van der Waals surface area contributed by atoms with Gasteiger partial charge in [-0.05, 0) is 42.8 Å². The molecule has 7 heteroatoms. The summed E-state index contributed by atoms with van der Waals surface area (Å²) < 4.78 is 11.1. The highest BCUT2D eigenvalue weighted by atomic mass is 32.1. The number of rotatable bonds is 7. The molecule has 0 aliphatic heterocycles. The predicted molar refractivity (Wildman–Crippen MR) is 126 cm³/mol. The number of ether oxygens (including phenoxy) is 2. The molecular formula is C24H26N4O2S. The van der Waals surface area contributed by atoms with E-state index in [9.17, 15) is 0 Å². The van der Waals surface area contributed by atoms with Crippen molar-refractivity contribution < 1.29 is 9.47 Å². The number of hydrogen-bond acceptors (Lipinski definition) is 5. The normalized spacial score (nSPS) is 14.6. The summed E-state index contributed by atoms with van der Waals surface area (Å²) in [5, 5.41) is 6.92. The summed E-state index contributed by atoms with van der Waals surface area (Å²) in [4.78, 5) is 8.76. The van der Waals surface area contributed by atoms with Gasteiger partial charge in [0.2, 0.25) is 17.7 Å². The lowest BCUT2D eigenvalue weighted by atomic mass is 9.79. The summed E-state index contributed by atoms with van der Waals surface area (Å²) in [6, 6.07) is 21.8. The maximum atomic E-state index is 5.82. The van der Waals surface area contributed by atoms with E-state index < -0.39 is 0 Å². The molecule has 1 aliphatic carbocycles. The second-order valence-electron chi connectivity index (χ2n) is 7.65. The van der Waals surface area contributed by atoms with Crippen LogP contribution in [0.5, 0.6) is 17.5 Å². The molecule has 1 heterocycles. The molecule has 4 rings (SSSR count). The molecule has 0 atom stereocenters. The van der Waals surface area contributed by atoms with E-state index >= 15 is 0 Å². The lowest BCUT2D eigenvalue weighted by Gasteiger charge is -2.30. The van der Waals surface area contributed by atoms with Gasteiger partial charge in [0.25, 0.3) is 0 Å². The molecule has 1 aliphatic rings. The average molecular weight is 435 g/mol. The van der Waals surface area contributed by atoms with Gasteiger partial charge in [0.15, 0.2) is 5.11 Å². The van der Waals surface area contributed by atoms with Crippen molar-refractivity contribution in [3.8, 4) is 17.5 Å². The van der Waals surface area contributed by atoms with Gasteiger partial charge in [0, 0.05) is 12.0 Å². The van der Waals surface area contributed by atoms with Gasteiger partial charge in [-0.25, -0.2) is 0 Å². The molecule has 6 nitrogen and oxygen atoms in total. The fourth-order valence-corrected chi connectivity index (χ4v) is 4.20. The van der Waals surface area contributed by atoms with E-state index in [1.54, 1.807) is 13.2 Å². The summed E-state index contributed by atoms with van der Waals surface area (Å²) in [6.07, 6.45) is 4.76. The van der Waals surface area contributed by atoms with Crippen LogP contribution in [0.3, 0.4) is 0 Å². The molecule has 0 saturated heterocycles. The Morgan fingerprint density at radius 2 is 1.61 bits per heavy atom. The number of methoxy groups -OCH3 is 1. The highest BCUT2D eigenvalue weighted by Crippen LogP contribution is 2.40. The van der Waals surface area contributed by atoms with Gasteiger partial charge in [-0.2, -0.15) is 9.97 Å². The molecule has 2 aromatic carbocycles. The number of thiocarbonyl (C=S) groups is 1. The Kier molecular flexibility index (Phi) is 6.62. The quantitative estimate of drug-likeness (QED) is 0.503. The molecule has 0 amide bonds. The molecule has 1 saturated carbocycles. The van der Waals surface area contributed by atoms with E-state index in [0.29, 0.717) is 28.6 Å². The third kappa shape index (κ3) is 5.30. The summed E-state index contributed by atoms with van der Waals surface area (Å²) in [5.74, 6) is 1.77. The minimum atomic E-state index is 0.101. The van der Waals surface area contributed by atoms with Gasteiger partial charge in [-0.3, -0.25) is 0 Å². The monoisotopic (exact) mass is 434 g/mol. The fraction of sp³-hybridized carbons (Fsp3) is 0.292. The number of aromatic nitrogens is 2. The first kappa shape index (κ1) is 21.1. The zero-order valence-electron chi connectivity index (χ0n) is 17.5. The van der Waals surface area contributed by atoms with Crippen molar-refractivity contribution in [1.82, 2.24) is 15.3 Å². The minimum absolute atomic E-state index is 0.101. The summed E-state index contributed by atoms with van der Waals surface area (Å²) in [6.45, 7) is 0.764. The van der Waals surface area contributed by atoms with Crippen LogP contribution < -0.4 is 20.1 Å². The highest BCUT2D eigenvalue weighted by molar-refractivity contribution is 7.80. The predicted octanol–water partition coefficient (Wildman–Crippen LogP) is 5.08. The number of nitrogens with zero attached hydrogens (tertiary/aromatic N) is 2. The zero-order chi connectivity index (χ0) is 21.5. The third-order valence-corrected chi connectivity index (χ3v) is 5.86.